The molecule has 0 heterocycles. The van der Waals surface area contributed by atoms with Crippen LogP contribution >= 0.6 is 22.8 Å². The van der Waals surface area contributed by atoms with Crippen LogP contribution in [-0.2, 0) is 132 Å². The maximum Gasteiger partial charge on any atom is 1.00 e. The van der Waals surface area contributed by atoms with Gasteiger partial charge in [0, 0.05) is 7.43 Å². The Bertz CT molecular complexity index is 744. The fourth-order valence-electron chi connectivity index (χ4n) is 2.16. The monoisotopic (exact) mass is 947 g/mol. The third-order valence-electron chi connectivity index (χ3n) is 2.72. The third kappa shape index (κ3) is 64.1. The molecule has 0 radical (unpaired) electrons. The molecule has 0 aliphatic carbocycles. The van der Waals surface area contributed by atoms with Crippen LogP contribution in [0.3, 0.4) is 0 Å². The average Bonchev–Trinajstić information content (AvgIpc) is 2.59. The van der Waals surface area contributed by atoms with Gasteiger partial charge in [-0.25, -0.2) is 0 Å². The molecule has 23 heteroatoms. The Morgan fingerprint density at radius 2 is 0.396 bits per heavy atom. The Morgan fingerprint density at radius 1 is 0.333 bits per heavy atom. The number of hydrogen-bond acceptors (Lipinski definition) is 16. The van der Waals surface area contributed by atoms with Crippen molar-refractivity contribution in [2.24, 2.45) is 0 Å². The molecule has 0 aromatic carbocycles. The molecular formula is C25H63KNNaO8P4S8. The van der Waals surface area contributed by atoms with Gasteiger partial charge in [-0.3, -0.25) is 0 Å². The van der Waals surface area contributed by atoms with Crippen molar-refractivity contribution in [1.29, 1.82) is 0 Å². The normalized spacial score (nSPS) is 11.9. The first kappa shape index (κ1) is 71.8. The van der Waals surface area contributed by atoms with E-state index in [1.807, 2.05) is 111 Å². The smallest absolute Gasteiger partial charge is 0.691 e. The molecule has 0 fully saturated rings. The topological polar surface area (TPSA) is 110 Å². The molecule has 0 aromatic heterocycles. The second-order valence-corrected chi connectivity index (χ2v) is 30.6. The zero-order valence-electron chi connectivity index (χ0n) is 32.9. The molecular weight excluding hydrogens is 885 g/mol. The molecule has 0 saturated carbocycles. The minimum atomic E-state index is -2.39. The van der Waals surface area contributed by atoms with Crippen molar-refractivity contribution >= 4 is 119 Å². The molecule has 0 unspecified atom stereocenters. The van der Waals surface area contributed by atoms with Crippen molar-refractivity contribution in [3.05, 3.63) is 7.43 Å². The molecule has 286 valence electrons. The molecule has 0 bridgehead atoms. The first-order valence-corrected chi connectivity index (χ1v) is 28.7. The van der Waals surface area contributed by atoms with E-state index in [9.17, 15) is 0 Å². The summed E-state index contributed by atoms with van der Waals surface area (Å²) in [6.45, 7) is 30.4. The van der Waals surface area contributed by atoms with Gasteiger partial charge in [0.1, 0.15) is 0 Å². The van der Waals surface area contributed by atoms with E-state index in [0.717, 1.165) is 0 Å². The summed E-state index contributed by atoms with van der Waals surface area (Å²) in [5.74, 6) is 0. The van der Waals surface area contributed by atoms with Gasteiger partial charge in [0.2, 0.25) is 0 Å². The van der Waals surface area contributed by atoms with Crippen LogP contribution in [0, 0.1) is 7.43 Å². The summed E-state index contributed by atoms with van der Waals surface area (Å²) in [6.07, 6.45) is 0.423. The van der Waals surface area contributed by atoms with Gasteiger partial charge in [0.05, 0.1) is 71.6 Å². The van der Waals surface area contributed by atoms with Gasteiger partial charge in [0.15, 0.2) is 0 Å². The maximum absolute atomic E-state index is 5.27. The molecule has 0 aromatic rings. The maximum atomic E-state index is 5.27. The minimum absolute atomic E-state index is 0. The van der Waals surface area contributed by atoms with Crippen molar-refractivity contribution in [1.82, 2.24) is 6.15 Å². The predicted octanol–water partition coefficient (Wildman–Crippen LogP) is 5.27. The first-order valence-electron chi connectivity index (χ1n) is 14.0. The van der Waals surface area contributed by atoms with Gasteiger partial charge in [-0.2, -0.15) is 0 Å². The van der Waals surface area contributed by atoms with Gasteiger partial charge >= 0.3 is 80.9 Å². The van der Waals surface area contributed by atoms with E-state index in [0.29, 0.717) is 0 Å². The predicted molar refractivity (Wildman–Crippen MR) is 229 cm³/mol. The summed E-state index contributed by atoms with van der Waals surface area (Å²) in [4.78, 5) is 0. The Morgan fingerprint density at radius 3 is 0.438 bits per heavy atom. The van der Waals surface area contributed by atoms with Gasteiger partial charge in [-0.15, -0.1) is 0 Å². The zero-order valence-corrected chi connectivity index (χ0v) is 48.2. The van der Waals surface area contributed by atoms with Gasteiger partial charge in [-0.05, 0) is 111 Å². The largest absolute Gasteiger partial charge is 1.00 e. The van der Waals surface area contributed by atoms with Crippen LogP contribution in [0.4, 0.5) is 0 Å². The first-order chi connectivity index (χ1) is 19.3. The molecule has 48 heavy (non-hydrogen) atoms. The van der Waals surface area contributed by atoms with Crippen molar-refractivity contribution in [3.8, 4) is 0 Å². The van der Waals surface area contributed by atoms with Crippen molar-refractivity contribution in [2.45, 2.75) is 160 Å². The van der Waals surface area contributed by atoms with Gasteiger partial charge in [-0.1, -0.05) is 47.2 Å². The van der Waals surface area contributed by atoms with Crippen LogP contribution in [0.2, 0.25) is 0 Å². The van der Waals surface area contributed by atoms with Crippen LogP contribution in [0.1, 0.15) is 111 Å². The van der Waals surface area contributed by atoms with E-state index in [1.165, 1.54) is 0 Å². The standard InChI is InChI=1S/4C6H15O2PS2.CH3.K.H3N.Na/c4*1-5(2)7-9(10,11)8-6(3)4;;;;/h4*5-6H,1-4H3,(H,10,11);1H3;;1H3;/q;;;;2*+1;;+1/p-3. The third-order valence-corrected chi connectivity index (χ3v) is 12.3. The SMILES string of the molecule is CC(C)OP(=S)([S-])OC(C)C.CC(C)OP(=S)([S-])OC(C)C.CC(C)OP(=S)([S-])OC(C)C.CC(C)OP(=S)([S-])OC(C)C.[CH3+].[K+].[NH4+].[Na+]. The Hall–Kier alpha value is 6.15. The van der Waals surface area contributed by atoms with Crippen LogP contribution in [0.25, 0.3) is 0 Å². The fourth-order valence-corrected chi connectivity index (χ4v) is 14.8. The molecule has 0 atom stereocenters. The molecule has 0 amide bonds. The summed E-state index contributed by atoms with van der Waals surface area (Å²) >= 11 is 39.8. The molecule has 0 spiro atoms. The van der Waals surface area contributed by atoms with Gasteiger partial charge < -0.3 is 91.3 Å². The van der Waals surface area contributed by atoms with E-state index < -0.39 is 22.8 Å². The van der Waals surface area contributed by atoms with E-state index >= 15 is 0 Å². The summed E-state index contributed by atoms with van der Waals surface area (Å²) < 4.78 is 42.1. The molecule has 9 nitrogen and oxygen atoms in total. The molecule has 0 saturated heterocycles. The van der Waals surface area contributed by atoms with E-state index in [-0.39, 0.29) is 143 Å². The summed E-state index contributed by atoms with van der Waals surface area (Å²) in [5.41, 5.74) is -9.55. The molecule has 0 rings (SSSR count). The number of quaternary nitrogens is 1. The van der Waals surface area contributed by atoms with E-state index in [1.54, 1.807) is 0 Å². The van der Waals surface area contributed by atoms with Crippen LogP contribution in [0.5, 0.6) is 0 Å². The second kappa shape index (κ2) is 37.4. The number of rotatable bonds is 16. The van der Waals surface area contributed by atoms with Crippen molar-refractivity contribution in [3.63, 3.8) is 0 Å². The Balaban J connectivity index is -0.0000000721. The Labute approximate surface area is 403 Å². The van der Waals surface area contributed by atoms with Crippen molar-refractivity contribution in [2.75, 3.05) is 0 Å². The van der Waals surface area contributed by atoms with Crippen LogP contribution < -0.4 is 87.1 Å². The second-order valence-electron chi connectivity index (χ2n) is 11.0. The van der Waals surface area contributed by atoms with E-state index in [4.69, 9.17) is 132 Å². The number of hydrogen-bond donors (Lipinski definition) is 1. The average molecular weight is 948 g/mol. The summed E-state index contributed by atoms with van der Waals surface area (Å²) in [5, 5.41) is 0. The van der Waals surface area contributed by atoms with Crippen LogP contribution in [0.15, 0.2) is 0 Å². The minimum Gasteiger partial charge on any atom is -0.691 e. The molecule has 4 N–H and O–H groups in total. The molecule has 0 aliphatic heterocycles. The summed E-state index contributed by atoms with van der Waals surface area (Å²) in [6, 6.07) is 0. The molecule has 0 aliphatic rings. The fraction of sp³-hybridized carbons (Fsp3) is 0.960. The summed E-state index contributed by atoms with van der Waals surface area (Å²) in [7, 11) is 0. The Kier molecular flexibility index (Phi) is 56.0. The zero-order chi connectivity index (χ0) is 36.3. The van der Waals surface area contributed by atoms with Gasteiger partial charge in [0.25, 0.3) is 0 Å². The quantitative estimate of drug-likeness (QED) is 0.0940. The van der Waals surface area contributed by atoms with E-state index in [2.05, 4.69) is 0 Å². The van der Waals surface area contributed by atoms with Crippen molar-refractivity contribution < 1.29 is 117 Å². The van der Waals surface area contributed by atoms with Crippen LogP contribution in [-0.4, -0.2) is 48.8 Å².